The monoisotopic (exact) mass is 373 g/mol. The second-order valence-corrected chi connectivity index (χ2v) is 7.04. The minimum atomic E-state index is -0.0134. The van der Waals surface area contributed by atoms with Gasteiger partial charge in [-0.25, -0.2) is 9.97 Å². The maximum Gasteiger partial charge on any atom is 0.257 e. The highest BCUT2D eigenvalue weighted by molar-refractivity contribution is 5.93. The van der Waals surface area contributed by atoms with Crippen molar-refractivity contribution in [1.29, 1.82) is 0 Å². The molecule has 0 fully saturated rings. The van der Waals surface area contributed by atoms with Crippen molar-refractivity contribution in [2.75, 3.05) is 25.0 Å². The van der Waals surface area contributed by atoms with E-state index < -0.39 is 0 Å². The number of aromatic nitrogens is 3. The Labute approximate surface area is 164 Å². The molecule has 3 heterocycles. The quantitative estimate of drug-likeness (QED) is 0.688. The summed E-state index contributed by atoms with van der Waals surface area (Å²) in [5.41, 5.74) is 4.30. The van der Waals surface area contributed by atoms with Crippen molar-refractivity contribution in [2.45, 2.75) is 19.4 Å². The zero-order valence-electron chi connectivity index (χ0n) is 16.0. The Balaban J connectivity index is 1.38. The van der Waals surface area contributed by atoms with Crippen molar-refractivity contribution in [3.63, 3.8) is 0 Å². The maximum absolute atomic E-state index is 12.8. The number of carbonyl (C=O) groups excluding carboxylic acids is 1. The molecule has 0 saturated carbocycles. The van der Waals surface area contributed by atoms with Crippen LogP contribution in [0.25, 0.3) is 0 Å². The van der Waals surface area contributed by atoms with E-state index in [0.717, 1.165) is 25.9 Å². The zero-order valence-corrected chi connectivity index (χ0v) is 16.0. The Morgan fingerprint density at radius 3 is 2.54 bits per heavy atom. The van der Waals surface area contributed by atoms with E-state index in [1.807, 2.05) is 41.1 Å². The average Bonchev–Trinajstić information content (AvgIpc) is 2.77. The van der Waals surface area contributed by atoms with Gasteiger partial charge in [-0.15, -0.1) is 0 Å². The van der Waals surface area contributed by atoms with Crippen LogP contribution in [0.3, 0.4) is 0 Å². The highest BCUT2D eigenvalue weighted by Gasteiger charge is 2.22. The summed E-state index contributed by atoms with van der Waals surface area (Å²) in [5, 5.41) is 0. The molecule has 1 amide bonds. The highest BCUT2D eigenvalue weighted by atomic mass is 16.2. The lowest BCUT2D eigenvalue weighted by Crippen LogP contribution is -2.36. The van der Waals surface area contributed by atoms with Crippen LogP contribution in [0.2, 0.25) is 0 Å². The van der Waals surface area contributed by atoms with Crippen LogP contribution in [0.5, 0.6) is 0 Å². The van der Waals surface area contributed by atoms with E-state index >= 15 is 0 Å². The average molecular weight is 373 g/mol. The third-order valence-corrected chi connectivity index (χ3v) is 5.13. The first-order valence-electron chi connectivity index (χ1n) is 9.49. The Kier molecular flexibility index (Phi) is 5.28. The molecule has 4 rings (SSSR count). The molecule has 142 valence electrons. The molecule has 6 nitrogen and oxygen atoms in total. The Morgan fingerprint density at radius 1 is 1.07 bits per heavy atom. The Bertz CT molecular complexity index is 943. The van der Waals surface area contributed by atoms with Gasteiger partial charge in [0, 0.05) is 51.5 Å². The summed E-state index contributed by atoms with van der Waals surface area (Å²) in [6.07, 6.45) is 8.63. The van der Waals surface area contributed by atoms with Gasteiger partial charge in [0.05, 0.1) is 5.56 Å². The van der Waals surface area contributed by atoms with Gasteiger partial charge < -0.3 is 9.80 Å². The number of hydrogen-bond acceptors (Lipinski definition) is 5. The summed E-state index contributed by atoms with van der Waals surface area (Å²) in [6.45, 7) is 2.16. The van der Waals surface area contributed by atoms with Crippen LogP contribution in [0.15, 0.2) is 61.2 Å². The molecular formula is C22H23N5O. The van der Waals surface area contributed by atoms with E-state index in [0.29, 0.717) is 18.1 Å². The minimum absolute atomic E-state index is 0.0134. The van der Waals surface area contributed by atoms with E-state index in [1.54, 1.807) is 24.8 Å². The highest BCUT2D eigenvalue weighted by Crippen LogP contribution is 2.20. The molecule has 0 aliphatic carbocycles. The molecule has 3 aromatic rings. The van der Waals surface area contributed by atoms with Crippen LogP contribution in [0.1, 0.15) is 27.0 Å². The van der Waals surface area contributed by atoms with Crippen molar-refractivity contribution in [1.82, 2.24) is 19.9 Å². The van der Waals surface area contributed by atoms with Crippen LogP contribution in [-0.4, -0.2) is 45.9 Å². The van der Waals surface area contributed by atoms with E-state index in [4.69, 9.17) is 0 Å². The maximum atomic E-state index is 12.8. The summed E-state index contributed by atoms with van der Waals surface area (Å²) >= 11 is 0. The smallest absolute Gasteiger partial charge is 0.257 e. The molecule has 2 aromatic heterocycles. The fraction of sp³-hybridized carbons (Fsp3) is 0.273. The molecule has 0 bridgehead atoms. The first kappa shape index (κ1) is 18.1. The van der Waals surface area contributed by atoms with Gasteiger partial charge in [0.15, 0.2) is 0 Å². The van der Waals surface area contributed by atoms with E-state index in [1.165, 1.54) is 16.7 Å². The van der Waals surface area contributed by atoms with Crippen LogP contribution in [0, 0.1) is 0 Å². The van der Waals surface area contributed by atoms with Crippen molar-refractivity contribution in [3.8, 4) is 0 Å². The summed E-state index contributed by atoms with van der Waals surface area (Å²) in [7, 11) is 1.96. The number of rotatable bonds is 5. The molecule has 28 heavy (non-hydrogen) atoms. The third-order valence-electron chi connectivity index (χ3n) is 5.13. The SMILES string of the molecule is CN(CCc1ccncc1)c1ncc(C(=O)N2CCc3ccccc3C2)cn1. The predicted molar refractivity (Wildman–Crippen MR) is 108 cm³/mol. The summed E-state index contributed by atoms with van der Waals surface area (Å²) in [4.78, 5) is 29.5. The van der Waals surface area contributed by atoms with E-state index in [2.05, 4.69) is 27.1 Å². The number of amides is 1. The molecule has 6 heteroatoms. The molecule has 0 radical (unpaired) electrons. The second-order valence-electron chi connectivity index (χ2n) is 7.04. The first-order valence-corrected chi connectivity index (χ1v) is 9.49. The second kappa shape index (κ2) is 8.17. The van der Waals surface area contributed by atoms with Crippen molar-refractivity contribution in [3.05, 3.63) is 83.4 Å². The fourth-order valence-corrected chi connectivity index (χ4v) is 3.43. The Hall–Kier alpha value is -3.28. The number of hydrogen-bond donors (Lipinski definition) is 0. The molecule has 0 saturated heterocycles. The number of nitrogens with zero attached hydrogens (tertiary/aromatic N) is 5. The lowest BCUT2D eigenvalue weighted by molar-refractivity contribution is 0.0734. The fourth-order valence-electron chi connectivity index (χ4n) is 3.43. The number of likely N-dealkylation sites (N-methyl/N-ethyl adjacent to an activating group) is 1. The van der Waals surface area contributed by atoms with Crippen molar-refractivity contribution in [2.24, 2.45) is 0 Å². The summed E-state index contributed by atoms with van der Waals surface area (Å²) < 4.78 is 0. The zero-order chi connectivity index (χ0) is 19.3. The van der Waals surface area contributed by atoms with E-state index in [9.17, 15) is 4.79 Å². The summed E-state index contributed by atoms with van der Waals surface area (Å²) in [5.74, 6) is 0.607. The van der Waals surface area contributed by atoms with Crippen LogP contribution < -0.4 is 4.90 Å². The van der Waals surface area contributed by atoms with Gasteiger partial charge in [-0.05, 0) is 41.7 Å². The Morgan fingerprint density at radius 2 is 1.79 bits per heavy atom. The first-order chi connectivity index (χ1) is 13.7. The molecule has 0 spiro atoms. The van der Waals surface area contributed by atoms with Gasteiger partial charge in [0.2, 0.25) is 5.95 Å². The van der Waals surface area contributed by atoms with Crippen molar-refractivity contribution < 1.29 is 4.79 Å². The molecule has 0 unspecified atom stereocenters. The molecular weight excluding hydrogens is 350 g/mol. The van der Waals surface area contributed by atoms with Gasteiger partial charge in [-0.2, -0.15) is 0 Å². The third kappa shape index (κ3) is 4.01. The number of benzene rings is 1. The number of pyridine rings is 1. The van der Waals surface area contributed by atoms with Crippen LogP contribution in [-0.2, 0) is 19.4 Å². The molecule has 1 aliphatic rings. The summed E-state index contributed by atoms with van der Waals surface area (Å²) in [6, 6.07) is 12.3. The topological polar surface area (TPSA) is 62.2 Å². The normalized spacial score (nSPS) is 13.1. The minimum Gasteiger partial charge on any atom is -0.344 e. The molecule has 0 atom stereocenters. The number of fused-ring (bicyclic) bond motifs is 1. The number of anilines is 1. The molecule has 0 N–H and O–H groups in total. The van der Waals surface area contributed by atoms with Crippen LogP contribution >= 0.6 is 0 Å². The van der Waals surface area contributed by atoms with Gasteiger partial charge >= 0.3 is 0 Å². The van der Waals surface area contributed by atoms with Gasteiger partial charge in [0.25, 0.3) is 5.91 Å². The standard InChI is InChI=1S/C22H23N5O/c1-26(12-8-17-6-10-23-11-7-17)22-24-14-20(15-25-22)21(28)27-13-9-18-4-2-3-5-19(18)16-27/h2-7,10-11,14-15H,8-9,12-13,16H2,1H3. The van der Waals surface area contributed by atoms with Gasteiger partial charge in [0.1, 0.15) is 0 Å². The lowest BCUT2D eigenvalue weighted by atomic mass is 9.99. The van der Waals surface area contributed by atoms with Gasteiger partial charge in [-0.1, -0.05) is 24.3 Å². The lowest BCUT2D eigenvalue weighted by Gasteiger charge is -2.28. The molecule has 1 aromatic carbocycles. The van der Waals surface area contributed by atoms with Crippen LogP contribution in [0.4, 0.5) is 5.95 Å². The number of carbonyl (C=O) groups is 1. The van der Waals surface area contributed by atoms with E-state index in [-0.39, 0.29) is 5.91 Å². The predicted octanol–water partition coefficient (Wildman–Crippen LogP) is 2.75. The molecule has 1 aliphatic heterocycles. The van der Waals surface area contributed by atoms with Gasteiger partial charge in [-0.3, -0.25) is 9.78 Å². The largest absolute Gasteiger partial charge is 0.344 e. The van der Waals surface area contributed by atoms with Crippen molar-refractivity contribution >= 4 is 11.9 Å².